The van der Waals surface area contributed by atoms with E-state index >= 15 is 0 Å². The van der Waals surface area contributed by atoms with Gasteiger partial charge in [-0.2, -0.15) is 25.9 Å². The van der Waals surface area contributed by atoms with Crippen LogP contribution in [0.4, 0.5) is 0 Å². The predicted octanol–water partition coefficient (Wildman–Crippen LogP) is 7.75. The number of aliphatic hydroxyl groups excluding tert-OH is 2. The van der Waals surface area contributed by atoms with Gasteiger partial charge in [-0.25, -0.2) is 0 Å². The van der Waals surface area contributed by atoms with Crippen molar-refractivity contribution in [3.05, 3.63) is 91.0 Å². The van der Waals surface area contributed by atoms with Crippen molar-refractivity contribution in [3.8, 4) is 5.75 Å². The Morgan fingerprint density at radius 2 is 1.18 bits per heavy atom. The maximum absolute atomic E-state index is 9.44. The van der Waals surface area contributed by atoms with Crippen LogP contribution in [0.15, 0.2) is 67.3 Å². The van der Waals surface area contributed by atoms with E-state index in [2.05, 4.69) is 49.9 Å². The number of ketones is 1. The number of aliphatic hydroxyl groups is 2. The third-order valence-corrected chi connectivity index (χ3v) is 2.69. The summed E-state index contributed by atoms with van der Waals surface area (Å²) >= 11 is 0. The number of benzene rings is 2. The maximum atomic E-state index is 9.44. The average molecular weight is 625 g/mol. The molecule has 0 amide bonds. The fourth-order valence-electron chi connectivity index (χ4n) is 1.54. The topological polar surface area (TPSA) is 97.5 Å². The van der Waals surface area contributed by atoms with Gasteiger partial charge >= 0.3 is 0 Å². The van der Waals surface area contributed by atoms with Gasteiger partial charge in [0.2, 0.25) is 0 Å². The zero-order chi connectivity index (χ0) is 30.1. The minimum atomic E-state index is 0. The van der Waals surface area contributed by atoms with Crippen LogP contribution in [0.25, 0.3) is 0 Å². The molecule has 0 aliphatic rings. The number of Topliss-reactive ketones (excluding diaryl/α,β-unsaturated/α-hetero) is 1. The van der Waals surface area contributed by atoms with E-state index in [4.69, 9.17) is 14.9 Å². The maximum Gasteiger partial charge on any atom is 0.126 e. The van der Waals surface area contributed by atoms with Gasteiger partial charge in [0, 0.05) is 53.7 Å². The summed E-state index contributed by atoms with van der Waals surface area (Å²) in [5, 5.41) is 17.9. The third kappa shape index (κ3) is 53.0. The predicted molar refractivity (Wildman–Crippen MR) is 165 cm³/mol. The molecule has 8 heteroatoms. The Labute approximate surface area is 266 Å². The molecule has 0 unspecified atom stereocenters. The first-order chi connectivity index (χ1) is 17.7. The summed E-state index contributed by atoms with van der Waals surface area (Å²) in [6.45, 7) is 22.9. The Balaban J connectivity index is -0.0000000703. The second-order valence-corrected chi connectivity index (χ2v) is 6.97. The number of aryl methyl sites for hydroxylation is 2. The standard InChI is InChI=1S/C10H10N3O.C7H8.C4H9.C3H6O.2C2H6.2CH4O.CH4.Y/c1-9-2-4-10(5-3-9)14-8-13-7-11-6-12-13;1-7-5-3-2-4-6-7;1-4(2)3;1-3(2)4;4*1-2;;/h2-8H,1H3;2-6H,1H3;1-3H3;1-2H3;2*1-2H3;2*2H,1H3;1H4;/q-1;;-1;;;;;;;. The van der Waals surface area contributed by atoms with Crippen molar-refractivity contribution in [2.24, 2.45) is 0 Å². The number of aromatic nitrogens is 3. The van der Waals surface area contributed by atoms with Gasteiger partial charge in [0.1, 0.15) is 17.9 Å². The van der Waals surface area contributed by atoms with Gasteiger partial charge < -0.3 is 35.3 Å². The van der Waals surface area contributed by atoms with Crippen LogP contribution in [0.5, 0.6) is 5.75 Å². The summed E-state index contributed by atoms with van der Waals surface area (Å²) in [5.74, 6) is 2.37. The van der Waals surface area contributed by atoms with E-state index < -0.39 is 0 Å². The number of hydrogen-bond acceptors (Lipinski definition) is 6. The Hall–Kier alpha value is -2.06. The van der Waals surface area contributed by atoms with Gasteiger partial charge in [-0.1, -0.05) is 88.7 Å². The summed E-state index contributed by atoms with van der Waals surface area (Å²) in [6, 6.07) is 18.1. The molecule has 3 rings (SSSR count). The molecule has 2 N–H and O–H groups in total. The van der Waals surface area contributed by atoms with Gasteiger partial charge in [0.15, 0.2) is 0 Å². The first-order valence-electron chi connectivity index (χ1n) is 12.3. The minimum Gasteiger partial charge on any atom is -0.534 e. The molecule has 2 aromatic carbocycles. The second-order valence-electron chi connectivity index (χ2n) is 6.97. The van der Waals surface area contributed by atoms with Crippen molar-refractivity contribution in [1.29, 1.82) is 0 Å². The number of carbonyl (C=O) groups is 1. The molecule has 0 fully saturated rings. The van der Waals surface area contributed by atoms with Gasteiger partial charge in [0.05, 0.1) is 0 Å². The third-order valence-electron chi connectivity index (χ3n) is 2.69. The normalized spacial score (nSPS) is 7.28. The van der Waals surface area contributed by atoms with Crippen molar-refractivity contribution >= 4 is 5.78 Å². The molecule has 0 aliphatic heterocycles. The molecule has 0 aliphatic carbocycles. The van der Waals surface area contributed by atoms with Gasteiger partial charge in [-0.15, -0.1) is 0 Å². The molecule has 1 radical (unpaired) electrons. The largest absolute Gasteiger partial charge is 0.534 e. The smallest absolute Gasteiger partial charge is 0.126 e. The number of rotatable bonds is 3. The van der Waals surface area contributed by atoms with Crippen molar-refractivity contribution < 1.29 is 52.5 Å². The molecule has 3 aromatic rings. The minimum absolute atomic E-state index is 0. The van der Waals surface area contributed by atoms with Crippen molar-refractivity contribution in [2.45, 2.75) is 83.6 Å². The van der Waals surface area contributed by atoms with E-state index in [1.54, 1.807) is 6.33 Å². The zero-order valence-corrected chi connectivity index (χ0v) is 28.9. The van der Waals surface area contributed by atoms with Crippen LogP contribution in [0.3, 0.4) is 0 Å². The number of carbonyl (C=O) groups excluding carboxylic acids is 1. The molecule has 1 heterocycles. The van der Waals surface area contributed by atoms with E-state index in [9.17, 15) is 4.79 Å². The van der Waals surface area contributed by atoms with Crippen LogP contribution in [0, 0.1) is 26.5 Å². The Morgan fingerprint density at radius 1 is 0.821 bits per heavy atom. The van der Waals surface area contributed by atoms with Gasteiger partial charge in [-0.3, -0.25) is 0 Å². The molecule has 7 nitrogen and oxygen atoms in total. The molecular weight excluding hydrogens is 567 g/mol. The Kier molecular flexibility index (Phi) is 62.6. The fourth-order valence-corrected chi connectivity index (χ4v) is 1.54. The Morgan fingerprint density at radius 3 is 1.46 bits per heavy atom. The van der Waals surface area contributed by atoms with E-state index in [0.717, 1.165) is 20.0 Å². The van der Waals surface area contributed by atoms with Crippen LogP contribution >= 0.6 is 0 Å². The van der Waals surface area contributed by atoms with Crippen LogP contribution in [0.1, 0.15) is 80.9 Å². The monoisotopic (exact) mass is 624 g/mol. The summed E-state index contributed by atoms with van der Waals surface area (Å²) in [5.41, 5.74) is 2.53. The quantitative estimate of drug-likeness (QED) is 0.289. The van der Waals surface area contributed by atoms with E-state index in [0.29, 0.717) is 0 Å². The summed E-state index contributed by atoms with van der Waals surface area (Å²) in [4.78, 5) is 13.2. The van der Waals surface area contributed by atoms with Crippen LogP contribution < -0.4 is 4.74 Å². The molecule has 0 saturated heterocycles. The molecular formula is C31H57N3O4Y-2. The molecule has 0 bridgehead atoms. The van der Waals surface area contributed by atoms with Crippen LogP contribution in [-0.2, 0) is 37.5 Å². The second kappa shape index (κ2) is 45.8. The van der Waals surface area contributed by atoms with Crippen molar-refractivity contribution in [3.63, 3.8) is 0 Å². The molecule has 225 valence electrons. The van der Waals surface area contributed by atoms with Crippen molar-refractivity contribution in [2.75, 3.05) is 14.2 Å². The molecule has 1 aromatic heterocycles. The van der Waals surface area contributed by atoms with Crippen LogP contribution in [0.2, 0.25) is 0 Å². The van der Waals surface area contributed by atoms with Crippen LogP contribution in [-0.4, -0.2) is 45.0 Å². The molecule has 0 saturated carbocycles. The van der Waals surface area contributed by atoms with E-state index in [-0.39, 0.29) is 45.9 Å². The van der Waals surface area contributed by atoms with E-state index in [1.165, 1.54) is 48.6 Å². The van der Waals surface area contributed by atoms with Gasteiger partial charge in [0.25, 0.3) is 0 Å². The Bertz CT molecular complexity index is 762. The van der Waals surface area contributed by atoms with Crippen molar-refractivity contribution in [1.82, 2.24) is 14.8 Å². The van der Waals surface area contributed by atoms with Gasteiger partial charge in [-0.05, 0) is 46.2 Å². The summed E-state index contributed by atoms with van der Waals surface area (Å²) in [6.07, 6.45) is 3.02. The fraction of sp³-hybridized carbons (Fsp3) is 0.452. The summed E-state index contributed by atoms with van der Waals surface area (Å²) in [7, 11) is 2.00. The molecule has 39 heavy (non-hydrogen) atoms. The first kappa shape index (κ1) is 53.2. The zero-order valence-electron chi connectivity index (χ0n) is 26.1. The molecule has 0 spiro atoms. The summed E-state index contributed by atoms with van der Waals surface area (Å²) < 4.78 is 6.84. The van der Waals surface area contributed by atoms with E-state index in [1.807, 2.05) is 77.1 Å². The average Bonchev–Trinajstić information content (AvgIpc) is 3.43. The number of hydrogen-bond donors (Lipinski definition) is 2. The number of nitrogens with zero attached hydrogens (tertiary/aromatic N) is 3. The first-order valence-corrected chi connectivity index (χ1v) is 12.3. The SMILES string of the molecule is C.CC.CC.CC(C)=O.CO.CO.C[C-](C)C.Cc1ccc(O[CH-]n2cncn2)cc1.Cc1ccccc1.[Y]. The molecule has 0 atom stereocenters. The number of ether oxygens (including phenoxy) is 1.